The van der Waals surface area contributed by atoms with E-state index in [0.717, 1.165) is 29.7 Å². The highest BCUT2D eigenvalue weighted by Crippen LogP contribution is 2.28. The van der Waals surface area contributed by atoms with Crippen molar-refractivity contribution >= 4 is 5.82 Å². The molecular weight excluding hydrogens is 246 g/mol. The van der Waals surface area contributed by atoms with Crippen LogP contribution in [0.5, 0.6) is 0 Å². The molecule has 0 radical (unpaired) electrons. The largest absolute Gasteiger partial charge is 0.383 e. The van der Waals surface area contributed by atoms with E-state index >= 15 is 0 Å². The maximum absolute atomic E-state index is 5.99. The highest BCUT2D eigenvalue weighted by atomic mass is 14.9. The minimum Gasteiger partial charge on any atom is -0.383 e. The third-order valence-corrected chi connectivity index (χ3v) is 3.50. The molecule has 2 aromatic rings. The Bertz CT molecular complexity index is 580. The van der Waals surface area contributed by atoms with Gasteiger partial charge in [-0.05, 0) is 17.4 Å². The lowest BCUT2D eigenvalue weighted by Gasteiger charge is -2.19. The molecule has 3 heteroatoms. The number of rotatable bonds is 3. The van der Waals surface area contributed by atoms with E-state index in [2.05, 4.69) is 61.9 Å². The topological polar surface area (TPSA) is 51.8 Å². The third-order valence-electron chi connectivity index (χ3n) is 3.50. The van der Waals surface area contributed by atoms with Crippen molar-refractivity contribution in [2.45, 2.75) is 46.0 Å². The van der Waals surface area contributed by atoms with Gasteiger partial charge in [-0.15, -0.1) is 0 Å². The van der Waals surface area contributed by atoms with Gasteiger partial charge < -0.3 is 5.73 Å². The first kappa shape index (κ1) is 14.5. The number of anilines is 1. The van der Waals surface area contributed by atoms with Crippen LogP contribution in [-0.2, 0) is 11.8 Å². The Hall–Kier alpha value is -1.90. The molecule has 2 rings (SSSR count). The maximum atomic E-state index is 5.99. The van der Waals surface area contributed by atoms with Crippen molar-refractivity contribution in [3.05, 3.63) is 41.7 Å². The van der Waals surface area contributed by atoms with Gasteiger partial charge in [0.15, 0.2) is 0 Å². The molecule has 20 heavy (non-hydrogen) atoms. The summed E-state index contributed by atoms with van der Waals surface area (Å²) in [6.45, 7) is 8.78. The second-order valence-electron chi connectivity index (χ2n) is 6.16. The van der Waals surface area contributed by atoms with Crippen molar-refractivity contribution in [1.29, 1.82) is 0 Å². The number of nitrogen functional groups attached to an aromatic ring is 1. The molecule has 0 saturated heterocycles. The molecular formula is C17H23N3. The molecule has 1 aromatic carbocycles. The van der Waals surface area contributed by atoms with Crippen LogP contribution in [-0.4, -0.2) is 9.97 Å². The second-order valence-corrected chi connectivity index (χ2v) is 6.16. The lowest BCUT2D eigenvalue weighted by atomic mass is 9.86. The smallest absolute Gasteiger partial charge is 0.130 e. The summed E-state index contributed by atoms with van der Waals surface area (Å²) >= 11 is 0. The molecule has 3 nitrogen and oxygen atoms in total. The van der Waals surface area contributed by atoms with Crippen LogP contribution in [0.25, 0.3) is 11.3 Å². The lowest BCUT2D eigenvalue weighted by Crippen LogP contribution is -2.10. The van der Waals surface area contributed by atoms with Gasteiger partial charge in [-0.2, -0.15) is 0 Å². The van der Waals surface area contributed by atoms with Gasteiger partial charge in [0.25, 0.3) is 0 Å². The first-order chi connectivity index (χ1) is 9.43. The molecule has 0 atom stereocenters. The van der Waals surface area contributed by atoms with Crippen LogP contribution in [0.4, 0.5) is 5.82 Å². The summed E-state index contributed by atoms with van der Waals surface area (Å²) in [6.07, 6.45) is 3.48. The first-order valence-corrected chi connectivity index (χ1v) is 7.13. The Morgan fingerprint density at radius 1 is 1.05 bits per heavy atom. The normalized spacial score (nSPS) is 11.6. The van der Waals surface area contributed by atoms with Crippen LogP contribution in [0.15, 0.2) is 30.6 Å². The average Bonchev–Trinajstić information content (AvgIpc) is 2.40. The summed E-state index contributed by atoms with van der Waals surface area (Å²) in [5.74, 6) is 0.594. The zero-order valence-electron chi connectivity index (χ0n) is 12.8. The zero-order valence-corrected chi connectivity index (χ0v) is 12.8. The van der Waals surface area contributed by atoms with E-state index in [0.29, 0.717) is 5.82 Å². The van der Waals surface area contributed by atoms with E-state index in [4.69, 9.17) is 5.73 Å². The van der Waals surface area contributed by atoms with E-state index in [1.165, 1.54) is 5.56 Å². The molecule has 0 aliphatic heterocycles. The number of nitrogens with two attached hydrogens (primary N) is 1. The summed E-state index contributed by atoms with van der Waals surface area (Å²) in [6, 6.07) is 8.59. The van der Waals surface area contributed by atoms with Gasteiger partial charge in [0.05, 0.1) is 5.69 Å². The molecule has 0 saturated carbocycles. The number of aromatic nitrogens is 2. The van der Waals surface area contributed by atoms with Gasteiger partial charge >= 0.3 is 0 Å². The van der Waals surface area contributed by atoms with E-state index < -0.39 is 0 Å². The summed E-state index contributed by atoms with van der Waals surface area (Å²) < 4.78 is 0. The van der Waals surface area contributed by atoms with Crippen LogP contribution >= 0.6 is 0 Å². The fraction of sp³-hybridized carbons (Fsp3) is 0.412. The van der Waals surface area contributed by atoms with Gasteiger partial charge in [-0.1, -0.05) is 58.4 Å². The molecule has 0 aliphatic rings. The van der Waals surface area contributed by atoms with Crippen molar-refractivity contribution in [3.63, 3.8) is 0 Å². The first-order valence-electron chi connectivity index (χ1n) is 7.13. The van der Waals surface area contributed by atoms with Crippen LogP contribution < -0.4 is 5.73 Å². The minimum atomic E-state index is 0.162. The Morgan fingerprint density at radius 3 is 2.25 bits per heavy atom. The molecule has 0 bridgehead atoms. The number of nitrogens with zero attached hydrogens (tertiary/aromatic N) is 2. The van der Waals surface area contributed by atoms with Crippen molar-refractivity contribution < 1.29 is 0 Å². The number of benzene rings is 1. The van der Waals surface area contributed by atoms with E-state index in [1.807, 2.05) is 0 Å². The predicted octanol–water partition coefficient (Wildman–Crippen LogP) is 3.98. The summed E-state index contributed by atoms with van der Waals surface area (Å²) in [4.78, 5) is 8.54. The Balaban J connectivity index is 2.44. The molecule has 0 spiro atoms. The second kappa shape index (κ2) is 5.61. The molecule has 1 heterocycles. The van der Waals surface area contributed by atoms with Gasteiger partial charge in [0.2, 0.25) is 0 Å². The number of hydrogen-bond acceptors (Lipinski definition) is 3. The van der Waals surface area contributed by atoms with E-state index in [1.54, 1.807) is 6.33 Å². The average molecular weight is 269 g/mol. The predicted molar refractivity (Wildman–Crippen MR) is 84.6 cm³/mol. The molecule has 0 amide bonds. The maximum Gasteiger partial charge on any atom is 0.130 e. The summed E-state index contributed by atoms with van der Waals surface area (Å²) in [7, 11) is 0. The van der Waals surface area contributed by atoms with Gasteiger partial charge in [-0.3, -0.25) is 0 Å². The van der Waals surface area contributed by atoms with Gasteiger partial charge in [-0.25, -0.2) is 9.97 Å². The lowest BCUT2D eigenvalue weighted by molar-refractivity contribution is 0.590. The van der Waals surface area contributed by atoms with Gasteiger partial charge in [0.1, 0.15) is 12.1 Å². The van der Waals surface area contributed by atoms with Crippen LogP contribution in [0.2, 0.25) is 0 Å². The Kier molecular flexibility index (Phi) is 4.07. The van der Waals surface area contributed by atoms with Crippen LogP contribution in [0.1, 0.15) is 45.2 Å². The number of hydrogen-bond donors (Lipinski definition) is 1. The molecule has 0 unspecified atom stereocenters. The summed E-state index contributed by atoms with van der Waals surface area (Å²) in [5, 5.41) is 0. The zero-order chi connectivity index (χ0) is 14.8. The van der Waals surface area contributed by atoms with Crippen molar-refractivity contribution in [2.75, 3.05) is 5.73 Å². The Labute approximate surface area is 121 Å². The van der Waals surface area contributed by atoms with Gasteiger partial charge in [0, 0.05) is 11.1 Å². The highest BCUT2D eigenvalue weighted by molar-refractivity contribution is 5.67. The van der Waals surface area contributed by atoms with Crippen molar-refractivity contribution in [3.8, 4) is 11.3 Å². The van der Waals surface area contributed by atoms with Crippen molar-refractivity contribution in [2.24, 2.45) is 0 Å². The molecule has 0 fully saturated rings. The SMILES string of the molecule is CCCc1c(N)ncnc1-c1ccc(C(C)(C)C)cc1. The summed E-state index contributed by atoms with van der Waals surface area (Å²) in [5.41, 5.74) is 10.6. The quantitative estimate of drug-likeness (QED) is 0.917. The van der Waals surface area contributed by atoms with Crippen LogP contribution in [0, 0.1) is 0 Å². The van der Waals surface area contributed by atoms with Crippen molar-refractivity contribution in [1.82, 2.24) is 9.97 Å². The Morgan fingerprint density at radius 2 is 1.70 bits per heavy atom. The standard InChI is InChI=1S/C17H23N3/c1-5-6-14-15(19-11-20-16(14)18)12-7-9-13(10-8-12)17(2,3)4/h7-11H,5-6H2,1-4H3,(H2,18,19,20). The molecule has 0 aliphatic carbocycles. The molecule has 1 aromatic heterocycles. The fourth-order valence-corrected chi connectivity index (χ4v) is 2.30. The highest BCUT2D eigenvalue weighted by Gasteiger charge is 2.15. The van der Waals surface area contributed by atoms with E-state index in [9.17, 15) is 0 Å². The monoisotopic (exact) mass is 269 g/mol. The minimum absolute atomic E-state index is 0.162. The molecule has 2 N–H and O–H groups in total. The van der Waals surface area contributed by atoms with Crippen LogP contribution in [0.3, 0.4) is 0 Å². The third kappa shape index (κ3) is 2.98. The fourth-order valence-electron chi connectivity index (χ4n) is 2.30. The molecule has 106 valence electrons. The van der Waals surface area contributed by atoms with E-state index in [-0.39, 0.29) is 5.41 Å².